The molecule has 4 nitrogen and oxygen atoms in total. The molecule has 118 valence electrons. The fraction of sp³-hybridized carbons (Fsp3) is 0.538. The number of ether oxygens (including phenoxy) is 1. The first-order valence-electron chi connectivity index (χ1n) is 6.38. The molecule has 21 heavy (non-hydrogen) atoms. The molecule has 0 radical (unpaired) electrons. The Labute approximate surface area is 118 Å². The van der Waals surface area contributed by atoms with Gasteiger partial charge in [0, 0.05) is 13.1 Å². The number of rotatable bonds is 4. The van der Waals surface area contributed by atoms with Crippen LogP contribution in [0.15, 0.2) is 18.2 Å². The van der Waals surface area contributed by atoms with Crippen molar-refractivity contribution in [2.45, 2.75) is 12.3 Å². The molecular formula is C13H15F4NO3. The molecule has 8 heteroatoms. The van der Waals surface area contributed by atoms with E-state index in [4.69, 9.17) is 9.57 Å². The van der Waals surface area contributed by atoms with Crippen molar-refractivity contribution in [2.24, 2.45) is 0 Å². The monoisotopic (exact) mass is 309 g/mol. The number of nitrogens with zero attached hydrogens (tertiary/aromatic N) is 1. The highest BCUT2D eigenvalue weighted by Gasteiger charge is 2.32. The summed E-state index contributed by atoms with van der Waals surface area (Å²) in [4.78, 5) is 5.42. The second-order valence-corrected chi connectivity index (χ2v) is 4.59. The molecular weight excluding hydrogens is 294 g/mol. The van der Waals surface area contributed by atoms with Crippen molar-refractivity contribution in [1.29, 1.82) is 0 Å². The zero-order chi connectivity index (χ0) is 15.5. The topological polar surface area (TPSA) is 41.9 Å². The highest BCUT2D eigenvalue weighted by atomic mass is 19.4. The van der Waals surface area contributed by atoms with E-state index >= 15 is 0 Å². The van der Waals surface area contributed by atoms with Gasteiger partial charge in [-0.15, -0.1) is 0 Å². The standard InChI is InChI=1S/C13H15F4NO3/c14-11-6-9(5-10(7-11)13(15,16)17)12(8-19)21-18-1-3-20-4-2-18/h5-7,12,19H,1-4,8H2. The van der Waals surface area contributed by atoms with Gasteiger partial charge in [-0.2, -0.15) is 18.2 Å². The van der Waals surface area contributed by atoms with Crippen LogP contribution in [0.3, 0.4) is 0 Å². The number of hydroxylamine groups is 2. The molecule has 2 rings (SSSR count). The lowest BCUT2D eigenvalue weighted by molar-refractivity contribution is -0.234. The number of halogens is 4. The summed E-state index contributed by atoms with van der Waals surface area (Å²) in [5.74, 6) is -1.02. The molecule has 1 unspecified atom stereocenters. The minimum Gasteiger partial charge on any atom is -0.393 e. The van der Waals surface area contributed by atoms with Gasteiger partial charge in [-0.25, -0.2) is 4.39 Å². The first-order valence-corrected chi connectivity index (χ1v) is 6.38. The maximum Gasteiger partial charge on any atom is 0.416 e. The minimum atomic E-state index is -4.66. The van der Waals surface area contributed by atoms with Gasteiger partial charge in [0.05, 0.1) is 25.4 Å². The first kappa shape index (κ1) is 16.2. The second kappa shape index (κ2) is 6.69. The third-order valence-electron chi connectivity index (χ3n) is 3.03. The van der Waals surface area contributed by atoms with E-state index in [0.29, 0.717) is 32.4 Å². The number of alkyl halides is 3. The summed E-state index contributed by atoms with van der Waals surface area (Å²) in [5.41, 5.74) is -1.17. The molecule has 1 aliphatic heterocycles. The van der Waals surface area contributed by atoms with Gasteiger partial charge in [0.2, 0.25) is 0 Å². The largest absolute Gasteiger partial charge is 0.416 e. The SMILES string of the molecule is OCC(ON1CCOCC1)c1cc(F)cc(C(F)(F)F)c1. The van der Waals surface area contributed by atoms with E-state index in [2.05, 4.69) is 0 Å². The number of aliphatic hydroxyl groups is 1. The minimum absolute atomic E-state index is 0.0590. The van der Waals surface area contributed by atoms with Crippen LogP contribution in [0.2, 0.25) is 0 Å². The molecule has 1 N–H and O–H groups in total. The number of benzene rings is 1. The Bertz CT molecular complexity index is 475. The van der Waals surface area contributed by atoms with Crippen LogP contribution in [0.5, 0.6) is 0 Å². The molecule has 1 atom stereocenters. The molecule has 0 aliphatic carbocycles. The Kier molecular flexibility index (Phi) is 5.15. The third-order valence-corrected chi connectivity index (χ3v) is 3.03. The fourth-order valence-electron chi connectivity index (χ4n) is 1.99. The van der Waals surface area contributed by atoms with Gasteiger partial charge in [0.25, 0.3) is 0 Å². The maximum absolute atomic E-state index is 13.4. The van der Waals surface area contributed by atoms with Crippen molar-refractivity contribution >= 4 is 0 Å². The average molecular weight is 309 g/mol. The van der Waals surface area contributed by atoms with Gasteiger partial charge >= 0.3 is 6.18 Å². The van der Waals surface area contributed by atoms with E-state index in [-0.39, 0.29) is 5.56 Å². The fourth-order valence-corrected chi connectivity index (χ4v) is 1.99. The molecule has 1 heterocycles. The van der Waals surface area contributed by atoms with Crippen LogP contribution in [0.4, 0.5) is 17.6 Å². The lowest BCUT2D eigenvalue weighted by Crippen LogP contribution is -2.37. The van der Waals surface area contributed by atoms with Crippen LogP contribution in [-0.4, -0.2) is 43.1 Å². The van der Waals surface area contributed by atoms with Crippen molar-refractivity contribution in [3.8, 4) is 0 Å². The van der Waals surface area contributed by atoms with E-state index in [1.165, 1.54) is 5.06 Å². The Hall–Kier alpha value is -1.22. The van der Waals surface area contributed by atoms with Crippen molar-refractivity contribution < 1.29 is 32.2 Å². The Morgan fingerprint density at radius 1 is 1.24 bits per heavy atom. The quantitative estimate of drug-likeness (QED) is 0.865. The van der Waals surface area contributed by atoms with Crippen LogP contribution in [0.1, 0.15) is 17.2 Å². The molecule has 1 saturated heterocycles. The molecule has 0 bridgehead atoms. The lowest BCUT2D eigenvalue weighted by atomic mass is 10.1. The van der Waals surface area contributed by atoms with E-state index in [1.54, 1.807) is 0 Å². The summed E-state index contributed by atoms with van der Waals surface area (Å²) in [6.45, 7) is 1.15. The molecule has 0 aromatic heterocycles. The molecule has 0 amide bonds. The number of hydrogen-bond donors (Lipinski definition) is 1. The highest BCUT2D eigenvalue weighted by Crippen LogP contribution is 2.32. The van der Waals surface area contributed by atoms with E-state index in [1.807, 2.05) is 0 Å². The second-order valence-electron chi connectivity index (χ2n) is 4.59. The lowest BCUT2D eigenvalue weighted by Gasteiger charge is -2.29. The summed E-state index contributed by atoms with van der Waals surface area (Å²) < 4.78 is 56.5. The van der Waals surface area contributed by atoms with Crippen molar-refractivity contribution in [3.05, 3.63) is 35.1 Å². The third kappa shape index (κ3) is 4.37. The first-order chi connectivity index (χ1) is 9.90. The zero-order valence-electron chi connectivity index (χ0n) is 11.1. The van der Waals surface area contributed by atoms with Crippen LogP contribution in [0.25, 0.3) is 0 Å². The Morgan fingerprint density at radius 3 is 2.48 bits per heavy atom. The van der Waals surface area contributed by atoms with Crippen LogP contribution < -0.4 is 0 Å². The van der Waals surface area contributed by atoms with Gasteiger partial charge in [-0.1, -0.05) is 0 Å². The smallest absolute Gasteiger partial charge is 0.393 e. The van der Waals surface area contributed by atoms with Gasteiger partial charge in [-0.3, -0.25) is 4.84 Å². The van der Waals surface area contributed by atoms with Gasteiger partial charge in [0.1, 0.15) is 11.9 Å². The Balaban J connectivity index is 2.18. The number of hydrogen-bond acceptors (Lipinski definition) is 4. The zero-order valence-corrected chi connectivity index (χ0v) is 11.1. The molecule has 1 fully saturated rings. The van der Waals surface area contributed by atoms with Crippen LogP contribution in [0, 0.1) is 5.82 Å². The highest BCUT2D eigenvalue weighted by molar-refractivity contribution is 5.28. The predicted molar refractivity (Wildman–Crippen MR) is 64.7 cm³/mol. The Morgan fingerprint density at radius 2 is 1.90 bits per heavy atom. The van der Waals surface area contributed by atoms with Gasteiger partial charge in [0.15, 0.2) is 0 Å². The normalized spacial score (nSPS) is 18.7. The molecule has 1 aromatic rings. The summed E-state index contributed by atoms with van der Waals surface area (Å²) in [5, 5.41) is 10.8. The van der Waals surface area contributed by atoms with E-state index in [9.17, 15) is 22.7 Å². The number of morpholine rings is 1. The molecule has 1 aromatic carbocycles. The number of aliphatic hydroxyl groups excluding tert-OH is 1. The van der Waals surface area contributed by atoms with Crippen molar-refractivity contribution in [1.82, 2.24) is 5.06 Å². The van der Waals surface area contributed by atoms with Gasteiger partial charge in [-0.05, 0) is 23.8 Å². The van der Waals surface area contributed by atoms with E-state index < -0.39 is 30.3 Å². The van der Waals surface area contributed by atoms with Crippen molar-refractivity contribution in [2.75, 3.05) is 32.9 Å². The average Bonchev–Trinajstić information content (AvgIpc) is 2.44. The van der Waals surface area contributed by atoms with Crippen molar-refractivity contribution in [3.63, 3.8) is 0 Å². The van der Waals surface area contributed by atoms with Crippen LogP contribution >= 0.6 is 0 Å². The summed E-state index contributed by atoms with van der Waals surface area (Å²) in [7, 11) is 0. The van der Waals surface area contributed by atoms with Crippen LogP contribution in [-0.2, 0) is 15.8 Å². The van der Waals surface area contributed by atoms with Gasteiger partial charge < -0.3 is 9.84 Å². The molecule has 1 aliphatic rings. The molecule has 0 saturated carbocycles. The summed E-state index contributed by atoms with van der Waals surface area (Å²) in [6.07, 6.45) is -5.71. The maximum atomic E-state index is 13.4. The summed E-state index contributed by atoms with van der Waals surface area (Å²) >= 11 is 0. The predicted octanol–water partition coefficient (Wildman–Crippen LogP) is 2.14. The summed E-state index contributed by atoms with van der Waals surface area (Å²) in [6, 6.07) is 2.12. The van der Waals surface area contributed by atoms with E-state index in [0.717, 1.165) is 12.1 Å². The molecule has 0 spiro atoms.